The van der Waals surface area contributed by atoms with E-state index in [4.69, 9.17) is 11.6 Å². The molecule has 0 N–H and O–H groups in total. The molecular formula is C16H15ClN2OS. The summed E-state index contributed by atoms with van der Waals surface area (Å²) in [5.41, 5.74) is 2.88. The summed E-state index contributed by atoms with van der Waals surface area (Å²) in [5, 5.41) is 2.74. The van der Waals surface area contributed by atoms with Gasteiger partial charge in [0, 0.05) is 25.7 Å². The molecule has 0 aliphatic carbocycles. The highest BCUT2D eigenvalue weighted by molar-refractivity contribution is 7.17. The van der Waals surface area contributed by atoms with E-state index in [0.29, 0.717) is 17.3 Å². The number of carbonyl (C=O) groups excluding carboxylic acids is 1. The number of halogens is 1. The van der Waals surface area contributed by atoms with Crippen LogP contribution < -0.4 is 0 Å². The van der Waals surface area contributed by atoms with Crippen molar-refractivity contribution in [2.75, 3.05) is 7.05 Å². The Bertz CT molecular complexity index is 788. The Balaban J connectivity index is 1.82. The molecule has 0 atom stereocenters. The van der Waals surface area contributed by atoms with Crippen LogP contribution in [0.5, 0.6) is 0 Å². The Morgan fingerprint density at radius 3 is 2.67 bits per heavy atom. The maximum Gasteiger partial charge on any atom is 0.270 e. The minimum Gasteiger partial charge on any atom is -0.339 e. The summed E-state index contributed by atoms with van der Waals surface area (Å²) in [5.74, 6) is 0.0239. The van der Waals surface area contributed by atoms with E-state index in [0.717, 1.165) is 15.8 Å². The summed E-state index contributed by atoms with van der Waals surface area (Å²) in [6.45, 7) is 0.564. The molecule has 2 heterocycles. The average molecular weight is 319 g/mol. The summed E-state index contributed by atoms with van der Waals surface area (Å²) in [7, 11) is 3.75. The zero-order chi connectivity index (χ0) is 15.0. The molecule has 0 aliphatic heterocycles. The van der Waals surface area contributed by atoms with E-state index in [1.54, 1.807) is 16.2 Å². The molecule has 0 fully saturated rings. The number of carbonyl (C=O) groups is 1. The third-order valence-corrected chi connectivity index (χ3v) is 4.67. The Kier molecular flexibility index (Phi) is 3.74. The maximum absolute atomic E-state index is 12.6. The standard InChI is InChI=1S/C16H15ClN2OS/c1-18(10-11-3-5-12(17)6-4-11)16(20)14-9-15-13(19(14)2)7-8-21-15/h3-9H,10H2,1-2H3. The van der Waals surface area contributed by atoms with E-state index in [1.807, 2.05) is 60.4 Å². The van der Waals surface area contributed by atoms with Crippen LogP contribution in [0.25, 0.3) is 10.2 Å². The topological polar surface area (TPSA) is 25.2 Å². The van der Waals surface area contributed by atoms with Crippen molar-refractivity contribution in [2.45, 2.75) is 6.54 Å². The molecule has 0 saturated carbocycles. The monoisotopic (exact) mass is 318 g/mol. The summed E-state index contributed by atoms with van der Waals surface area (Å²) in [6.07, 6.45) is 0. The molecule has 3 nitrogen and oxygen atoms in total. The van der Waals surface area contributed by atoms with Gasteiger partial charge in [0.15, 0.2) is 0 Å². The quantitative estimate of drug-likeness (QED) is 0.711. The average Bonchev–Trinajstić information content (AvgIpc) is 3.04. The van der Waals surface area contributed by atoms with Crippen molar-refractivity contribution in [1.82, 2.24) is 9.47 Å². The van der Waals surface area contributed by atoms with Crippen LogP contribution in [0.4, 0.5) is 0 Å². The van der Waals surface area contributed by atoms with Crippen molar-refractivity contribution in [2.24, 2.45) is 7.05 Å². The highest BCUT2D eigenvalue weighted by Gasteiger charge is 2.17. The van der Waals surface area contributed by atoms with Crippen LogP contribution in [0.2, 0.25) is 5.02 Å². The Labute approximate surface area is 132 Å². The number of nitrogens with zero attached hydrogens (tertiary/aromatic N) is 2. The number of amides is 1. The molecule has 21 heavy (non-hydrogen) atoms. The number of hydrogen-bond acceptors (Lipinski definition) is 2. The number of hydrogen-bond donors (Lipinski definition) is 0. The van der Waals surface area contributed by atoms with Crippen molar-refractivity contribution in [3.8, 4) is 0 Å². The Morgan fingerprint density at radius 2 is 2.00 bits per heavy atom. The minimum absolute atomic E-state index is 0.0239. The van der Waals surface area contributed by atoms with Gasteiger partial charge in [-0.3, -0.25) is 4.79 Å². The van der Waals surface area contributed by atoms with Gasteiger partial charge in [-0.25, -0.2) is 0 Å². The second-order valence-corrected chi connectivity index (χ2v) is 6.43. The molecular weight excluding hydrogens is 304 g/mol. The first kappa shape index (κ1) is 14.2. The summed E-state index contributed by atoms with van der Waals surface area (Å²) < 4.78 is 3.09. The zero-order valence-corrected chi connectivity index (χ0v) is 13.4. The zero-order valence-electron chi connectivity index (χ0n) is 11.8. The van der Waals surface area contributed by atoms with E-state index < -0.39 is 0 Å². The van der Waals surface area contributed by atoms with Gasteiger partial charge in [-0.05, 0) is 35.2 Å². The van der Waals surface area contributed by atoms with Crippen molar-refractivity contribution < 1.29 is 4.79 Å². The smallest absolute Gasteiger partial charge is 0.270 e. The number of aromatic nitrogens is 1. The SMILES string of the molecule is CN(Cc1ccc(Cl)cc1)C(=O)c1cc2sccc2n1C. The lowest BCUT2D eigenvalue weighted by Gasteiger charge is -2.17. The van der Waals surface area contributed by atoms with Gasteiger partial charge in [-0.15, -0.1) is 11.3 Å². The molecule has 3 rings (SSSR count). The predicted octanol–water partition coefficient (Wildman–Crippen LogP) is 4.17. The molecule has 1 amide bonds. The minimum atomic E-state index is 0.0239. The fourth-order valence-corrected chi connectivity index (χ4v) is 3.36. The van der Waals surface area contributed by atoms with Crippen molar-refractivity contribution in [3.63, 3.8) is 0 Å². The second-order valence-electron chi connectivity index (χ2n) is 5.05. The first-order valence-electron chi connectivity index (χ1n) is 6.59. The van der Waals surface area contributed by atoms with Crippen LogP contribution in [0, 0.1) is 0 Å². The van der Waals surface area contributed by atoms with E-state index in [-0.39, 0.29) is 5.91 Å². The second kappa shape index (κ2) is 5.54. The predicted molar refractivity (Wildman–Crippen MR) is 88.0 cm³/mol. The fourth-order valence-electron chi connectivity index (χ4n) is 2.39. The molecule has 3 aromatic rings. The number of fused-ring (bicyclic) bond motifs is 1. The molecule has 0 spiro atoms. The molecule has 0 radical (unpaired) electrons. The lowest BCUT2D eigenvalue weighted by molar-refractivity contribution is 0.0776. The van der Waals surface area contributed by atoms with Gasteiger partial charge in [0.25, 0.3) is 5.91 Å². The summed E-state index contributed by atoms with van der Waals surface area (Å²) in [4.78, 5) is 14.3. The van der Waals surface area contributed by atoms with E-state index in [2.05, 4.69) is 0 Å². The molecule has 108 valence electrons. The number of thiophene rings is 1. The largest absolute Gasteiger partial charge is 0.339 e. The van der Waals surface area contributed by atoms with E-state index in [9.17, 15) is 4.79 Å². The molecule has 0 bridgehead atoms. The van der Waals surface area contributed by atoms with Gasteiger partial charge in [0.2, 0.25) is 0 Å². The number of rotatable bonds is 3. The summed E-state index contributed by atoms with van der Waals surface area (Å²) in [6, 6.07) is 11.6. The van der Waals surface area contributed by atoms with Crippen LogP contribution in [0.15, 0.2) is 41.8 Å². The van der Waals surface area contributed by atoms with Crippen molar-refractivity contribution >= 4 is 39.1 Å². The van der Waals surface area contributed by atoms with Gasteiger partial charge < -0.3 is 9.47 Å². The summed E-state index contributed by atoms with van der Waals surface area (Å²) >= 11 is 7.53. The molecule has 0 aliphatic rings. The van der Waals surface area contributed by atoms with Gasteiger partial charge in [0.05, 0.1) is 10.2 Å². The first-order chi connectivity index (χ1) is 10.1. The van der Waals surface area contributed by atoms with Crippen molar-refractivity contribution in [1.29, 1.82) is 0 Å². The molecule has 1 aromatic carbocycles. The van der Waals surface area contributed by atoms with Crippen LogP contribution in [-0.4, -0.2) is 22.4 Å². The van der Waals surface area contributed by atoms with Gasteiger partial charge in [-0.2, -0.15) is 0 Å². The van der Waals surface area contributed by atoms with Gasteiger partial charge in [0.1, 0.15) is 5.69 Å². The fraction of sp³-hybridized carbons (Fsp3) is 0.188. The number of aryl methyl sites for hydroxylation is 1. The van der Waals surface area contributed by atoms with Crippen molar-refractivity contribution in [3.05, 3.63) is 58.1 Å². The van der Waals surface area contributed by atoms with E-state index >= 15 is 0 Å². The van der Waals surface area contributed by atoms with Gasteiger partial charge in [-0.1, -0.05) is 23.7 Å². The highest BCUT2D eigenvalue weighted by atomic mass is 35.5. The van der Waals surface area contributed by atoms with Gasteiger partial charge >= 0.3 is 0 Å². The first-order valence-corrected chi connectivity index (χ1v) is 7.85. The third kappa shape index (κ3) is 2.69. The molecule has 0 saturated heterocycles. The molecule has 5 heteroatoms. The highest BCUT2D eigenvalue weighted by Crippen LogP contribution is 2.25. The third-order valence-electron chi connectivity index (χ3n) is 3.56. The lowest BCUT2D eigenvalue weighted by Crippen LogP contribution is -2.27. The molecule has 0 unspecified atom stereocenters. The molecule has 2 aromatic heterocycles. The Morgan fingerprint density at radius 1 is 1.29 bits per heavy atom. The number of benzene rings is 1. The van der Waals surface area contributed by atoms with E-state index in [1.165, 1.54) is 0 Å². The van der Waals surface area contributed by atoms with Crippen LogP contribution in [0.1, 0.15) is 16.1 Å². The normalized spacial score (nSPS) is 11.0. The maximum atomic E-state index is 12.6. The van der Waals surface area contributed by atoms with Crippen LogP contribution in [0.3, 0.4) is 0 Å². The van der Waals surface area contributed by atoms with Crippen LogP contribution >= 0.6 is 22.9 Å². The Hall–Kier alpha value is -1.78. The lowest BCUT2D eigenvalue weighted by atomic mass is 10.2. The van der Waals surface area contributed by atoms with Crippen LogP contribution in [-0.2, 0) is 13.6 Å².